The largest absolute Gasteiger partial charge is 0.383 e. The molecule has 0 heterocycles. The summed E-state index contributed by atoms with van der Waals surface area (Å²) in [6.07, 6.45) is 0. The van der Waals surface area contributed by atoms with E-state index in [2.05, 4.69) is 5.32 Å². The Kier molecular flexibility index (Phi) is 7.44. The standard InChI is InChI=1S/C13H21N3O2.ClH/c1-9-11(6-5-7-12(9)16(2)3)15-13(17)10(14)8-18-4;/h5-7,10H,8,14H2,1-4H3,(H,15,17);1H. The molecule has 0 aliphatic carbocycles. The van der Waals surface area contributed by atoms with E-state index in [0.717, 1.165) is 16.9 Å². The summed E-state index contributed by atoms with van der Waals surface area (Å²) in [4.78, 5) is 13.8. The van der Waals surface area contributed by atoms with Gasteiger partial charge in [0.1, 0.15) is 6.04 Å². The van der Waals surface area contributed by atoms with Gasteiger partial charge in [-0.25, -0.2) is 0 Å². The summed E-state index contributed by atoms with van der Waals surface area (Å²) >= 11 is 0. The van der Waals surface area contributed by atoms with Crippen LogP contribution in [-0.2, 0) is 9.53 Å². The number of benzene rings is 1. The SMILES string of the molecule is COCC(N)C(=O)Nc1cccc(N(C)C)c1C.Cl. The minimum Gasteiger partial charge on any atom is -0.383 e. The van der Waals surface area contributed by atoms with Crippen LogP contribution in [0.15, 0.2) is 18.2 Å². The maximum atomic E-state index is 11.8. The molecule has 19 heavy (non-hydrogen) atoms. The summed E-state index contributed by atoms with van der Waals surface area (Å²) in [6.45, 7) is 2.17. The minimum absolute atomic E-state index is 0. The summed E-state index contributed by atoms with van der Waals surface area (Å²) in [5.74, 6) is -0.240. The molecule has 0 fully saturated rings. The predicted molar refractivity (Wildman–Crippen MR) is 81.2 cm³/mol. The Morgan fingerprint density at radius 2 is 2.11 bits per heavy atom. The number of carbonyl (C=O) groups excluding carboxylic acids is 1. The third-order valence-corrected chi connectivity index (χ3v) is 2.73. The fraction of sp³-hybridized carbons (Fsp3) is 0.462. The highest BCUT2D eigenvalue weighted by Gasteiger charge is 2.15. The van der Waals surface area contributed by atoms with Gasteiger partial charge in [-0.2, -0.15) is 0 Å². The first-order chi connectivity index (χ1) is 8.47. The molecule has 1 atom stereocenters. The van der Waals surface area contributed by atoms with Crippen molar-refractivity contribution in [3.8, 4) is 0 Å². The molecule has 0 radical (unpaired) electrons. The van der Waals surface area contributed by atoms with Crippen LogP contribution < -0.4 is 16.0 Å². The van der Waals surface area contributed by atoms with Crippen molar-refractivity contribution in [3.05, 3.63) is 23.8 Å². The number of rotatable bonds is 5. The second kappa shape index (κ2) is 7.99. The van der Waals surface area contributed by atoms with Gasteiger partial charge < -0.3 is 20.7 Å². The van der Waals surface area contributed by atoms with E-state index in [-0.39, 0.29) is 24.9 Å². The van der Waals surface area contributed by atoms with Gasteiger partial charge in [0.2, 0.25) is 5.91 Å². The summed E-state index contributed by atoms with van der Waals surface area (Å²) in [5, 5.41) is 2.82. The fourth-order valence-electron chi connectivity index (χ4n) is 1.72. The van der Waals surface area contributed by atoms with Crippen LogP contribution in [0.1, 0.15) is 5.56 Å². The summed E-state index contributed by atoms with van der Waals surface area (Å²) in [6, 6.07) is 5.11. The number of hydrogen-bond donors (Lipinski definition) is 2. The molecule has 1 amide bonds. The Morgan fingerprint density at radius 1 is 1.47 bits per heavy atom. The Bertz CT molecular complexity index is 424. The van der Waals surface area contributed by atoms with Crippen LogP contribution in [0.4, 0.5) is 11.4 Å². The zero-order chi connectivity index (χ0) is 13.7. The van der Waals surface area contributed by atoms with Gasteiger partial charge >= 0.3 is 0 Å². The van der Waals surface area contributed by atoms with Gasteiger partial charge in [0.25, 0.3) is 0 Å². The van der Waals surface area contributed by atoms with E-state index in [0.29, 0.717) is 0 Å². The number of anilines is 2. The molecule has 0 saturated carbocycles. The van der Waals surface area contributed by atoms with Crippen LogP contribution in [0.25, 0.3) is 0 Å². The zero-order valence-corrected chi connectivity index (χ0v) is 12.6. The highest BCUT2D eigenvalue weighted by molar-refractivity contribution is 5.96. The van der Waals surface area contributed by atoms with Crippen LogP contribution in [0, 0.1) is 6.92 Å². The van der Waals surface area contributed by atoms with Crippen molar-refractivity contribution in [3.63, 3.8) is 0 Å². The van der Waals surface area contributed by atoms with E-state index in [1.54, 1.807) is 0 Å². The van der Waals surface area contributed by atoms with Crippen molar-refractivity contribution in [1.82, 2.24) is 0 Å². The van der Waals surface area contributed by atoms with Gasteiger partial charge in [-0.15, -0.1) is 12.4 Å². The zero-order valence-electron chi connectivity index (χ0n) is 11.8. The van der Waals surface area contributed by atoms with Crippen molar-refractivity contribution < 1.29 is 9.53 Å². The number of ether oxygens (including phenoxy) is 1. The lowest BCUT2D eigenvalue weighted by atomic mass is 10.1. The van der Waals surface area contributed by atoms with Crippen LogP contribution in [0.2, 0.25) is 0 Å². The first kappa shape index (κ1) is 17.7. The quantitative estimate of drug-likeness (QED) is 0.859. The Morgan fingerprint density at radius 3 is 2.63 bits per heavy atom. The highest BCUT2D eigenvalue weighted by Crippen LogP contribution is 2.25. The topological polar surface area (TPSA) is 67.6 Å². The molecular formula is C13H22ClN3O2. The lowest BCUT2D eigenvalue weighted by Gasteiger charge is -2.19. The first-order valence-corrected chi connectivity index (χ1v) is 5.79. The molecule has 1 rings (SSSR count). The molecule has 0 bridgehead atoms. The smallest absolute Gasteiger partial charge is 0.243 e. The Labute approximate surface area is 120 Å². The number of nitrogens with zero attached hydrogens (tertiary/aromatic N) is 1. The Balaban J connectivity index is 0.00000324. The van der Waals surface area contributed by atoms with E-state index in [1.807, 2.05) is 44.1 Å². The van der Waals surface area contributed by atoms with Crippen molar-refractivity contribution in [1.29, 1.82) is 0 Å². The highest BCUT2D eigenvalue weighted by atomic mass is 35.5. The Hall–Kier alpha value is -1.30. The van der Waals surface area contributed by atoms with Gasteiger partial charge in [-0.1, -0.05) is 6.07 Å². The second-order valence-corrected chi connectivity index (χ2v) is 4.40. The third-order valence-electron chi connectivity index (χ3n) is 2.73. The summed E-state index contributed by atoms with van der Waals surface area (Å²) in [5.41, 5.74) is 8.53. The van der Waals surface area contributed by atoms with Crippen LogP contribution in [0.5, 0.6) is 0 Å². The molecule has 1 aromatic rings. The molecular weight excluding hydrogens is 266 g/mol. The number of carbonyl (C=O) groups is 1. The molecule has 1 unspecified atom stereocenters. The molecule has 0 aromatic heterocycles. The molecule has 6 heteroatoms. The molecule has 0 aliphatic rings. The number of amides is 1. The molecule has 0 spiro atoms. The second-order valence-electron chi connectivity index (χ2n) is 4.40. The lowest BCUT2D eigenvalue weighted by molar-refractivity contribution is -0.118. The van der Waals surface area contributed by atoms with E-state index in [4.69, 9.17) is 10.5 Å². The number of nitrogens with two attached hydrogens (primary N) is 1. The van der Waals surface area contributed by atoms with Gasteiger partial charge in [0.05, 0.1) is 6.61 Å². The van der Waals surface area contributed by atoms with Crippen molar-refractivity contribution >= 4 is 29.7 Å². The average Bonchev–Trinajstić information content (AvgIpc) is 2.31. The molecule has 108 valence electrons. The van der Waals surface area contributed by atoms with Crippen LogP contribution in [-0.4, -0.2) is 39.8 Å². The van der Waals surface area contributed by atoms with Crippen molar-refractivity contribution in [2.24, 2.45) is 5.73 Å². The lowest BCUT2D eigenvalue weighted by Crippen LogP contribution is -2.39. The maximum absolute atomic E-state index is 11.8. The third kappa shape index (κ3) is 4.70. The first-order valence-electron chi connectivity index (χ1n) is 5.79. The van der Waals surface area contributed by atoms with Gasteiger partial charge in [0, 0.05) is 32.6 Å². The molecule has 0 saturated heterocycles. The van der Waals surface area contributed by atoms with Gasteiger partial charge in [-0.3, -0.25) is 4.79 Å². The van der Waals surface area contributed by atoms with Gasteiger partial charge in [0.15, 0.2) is 0 Å². The summed E-state index contributed by atoms with van der Waals surface area (Å²) in [7, 11) is 5.44. The predicted octanol–water partition coefficient (Wildman–Crippen LogP) is 1.40. The van der Waals surface area contributed by atoms with E-state index in [1.165, 1.54) is 7.11 Å². The number of nitrogens with one attached hydrogen (secondary N) is 1. The van der Waals surface area contributed by atoms with E-state index >= 15 is 0 Å². The van der Waals surface area contributed by atoms with Crippen molar-refractivity contribution in [2.45, 2.75) is 13.0 Å². The summed E-state index contributed by atoms with van der Waals surface area (Å²) < 4.78 is 4.86. The van der Waals surface area contributed by atoms with Crippen LogP contribution >= 0.6 is 12.4 Å². The maximum Gasteiger partial charge on any atom is 0.243 e. The molecule has 3 N–H and O–H groups in total. The van der Waals surface area contributed by atoms with E-state index in [9.17, 15) is 4.79 Å². The normalized spacial score (nSPS) is 11.4. The van der Waals surface area contributed by atoms with E-state index < -0.39 is 6.04 Å². The number of methoxy groups -OCH3 is 1. The average molecular weight is 288 g/mol. The van der Waals surface area contributed by atoms with Crippen molar-refractivity contribution in [2.75, 3.05) is 38.0 Å². The molecule has 5 nitrogen and oxygen atoms in total. The molecule has 0 aliphatic heterocycles. The number of halogens is 1. The number of hydrogen-bond acceptors (Lipinski definition) is 4. The monoisotopic (exact) mass is 287 g/mol. The van der Waals surface area contributed by atoms with Gasteiger partial charge in [-0.05, 0) is 24.6 Å². The van der Waals surface area contributed by atoms with Crippen LogP contribution in [0.3, 0.4) is 0 Å². The minimum atomic E-state index is -0.655. The fourth-order valence-corrected chi connectivity index (χ4v) is 1.72. The molecule has 1 aromatic carbocycles.